The molecule has 3 heterocycles. The molecule has 8 nitrogen and oxygen atoms in total. The summed E-state index contributed by atoms with van der Waals surface area (Å²) >= 11 is 0. The Labute approximate surface area is 218 Å². The van der Waals surface area contributed by atoms with Gasteiger partial charge in [-0.05, 0) is 18.2 Å². The summed E-state index contributed by atoms with van der Waals surface area (Å²) in [6.45, 7) is -0.309. The van der Waals surface area contributed by atoms with Crippen LogP contribution in [-0.2, 0) is 4.79 Å². The number of nitrogens with zero attached hydrogens (tertiary/aromatic N) is 3. The van der Waals surface area contributed by atoms with Crippen molar-refractivity contribution in [2.75, 3.05) is 13.1 Å². The quantitative estimate of drug-likeness (QED) is 0.340. The molecule has 1 amide bonds. The van der Waals surface area contributed by atoms with Crippen LogP contribution in [0.1, 0.15) is 16.8 Å². The normalized spacial score (nSPS) is 16.7. The van der Waals surface area contributed by atoms with Crippen molar-refractivity contribution in [1.82, 2.24) is 19.9 Å². The zero-order valence-corrected chi connectivity index (χ0v) is 20.0. The SMILES string of the molecule is O=C(O)C(F)(F)F.O=C(c1ccccc1-c1ncc[nH]1)N1CCC(F)(F)C(Oc2ccc3ccccc3n2)C1. The Balaban J connectivity index is 0.000000448. The minimum Gasteiger partial charge on any atom is -0.475 e. The predicted octanol–water partition coefficient (Wildman–Crippen LogP) is 5.19. The van der Waals surface area contributed by atoms with Crippen LogP contribution in [0.3, 0.4) is 0 Å². The van der Waals surface area contributed by atoms with Gasteiger partial charge in [0.2, 0.25) is 5.88 Å². The highest BCUT2D eigenvalue weighted by Gasteiger charge is 2.47. The molecule has 39 heavy (non-hydrogen) atoms. The first-order valence-corrected chi connectivity index (χ1v) is 11.5. The third-order valence-electron chi connectivity index (χ3n) is 5.85. The van der Waals surface area contributed by atoms with E-state index in [0.29, 0.717) is 22.5 Å². The molecule has 2 N–H and O–H groups in total. The largest absolute Gasteiger partial charge is 0.490 e. The number of piperidine rings is 1. The topological polar surface area (TPSA) is 108 Å². The van der Waals surface area contributed by atoms with Gasteiger partial charge in [-0.2, -0.15) is 13.2 Å². The molecule has 204 valence electrons. The third-order valence-corrected chi connectivity index (χ3v) is 5.85. The summed E-state index contributed by atoms with van der Waals surface area (Å²) in [6, 6.07) is 17.7. The summed E-state index contributed by atoms with van der Waals surface area (Å²) in [6.07, 6.45) is -3.80. The van der Waals surface area contributed by atoms with Gasteiger partial charge in [-0.1, -0.05) is 36.4 Å². The lowest BCUT2D eigenvalue weighted by molar-refractivity contribution is -0.192. The fourth-order valence-corrected chi connectivity index (χ4v) is 3.90. The Morgan fingerprint density at radius 2 is 1.74 bits per heavy atom. The molecule has 1 aliphatic heterocycles. The second-order valence-electron chi connectivity index (χ2n) is 8.50. The van der Waals surface area contributed by atoms with Crippen LogP contribution in [-0.4, -0.2) is 68.1 Å². The number of aromatic nitrogens is 3. The number of carboxylic acids is 1. The van der Waals surface area contributed by atoms with Gasteiger partial charge in [-0.25, -0.2) is 23.5 Å². The molecule has 0 spiro atoms. The number of nitrogens with one attached hydrogen (secondary N) is 1. The molecule has 1 atom stereocenters. The van der Waals surface area contributed by atoms with Crippen LogP contribution in [0.25, 0.3) is 22.3 Å². The van der Waals surface area contributed by atoms with Crippen molar-refractivity contribution in [1.29, 1.82) is 0 Å². The first-order chi connectivity index (χ1) is 18.5. The second kappa shape index (κ2) is 11.1. The monoisotopic (exact) mass is 548 g/mol. The highest BCUT2D eigenvalue weighted by molar-refractivity contribution is 6.00. The second-order valence-corrected chi connectivity index (χ2v) is 8.50. The number of carbonyl (C=O) groups is 2. The van der Waals surface area contributed by atoms with Crippen molar-refractivity contribution in [2.24, 2.45) is 0 Å². The number of carbonyl (C=O) groups excluding carboxylic acids is 1. The highest BCUT2D eigenvalue weighted by Crippen LogP contribution is 2.33. The average molecular weight is 548 g/mol. The lowest BCUT2D eigenvalue weighted by atomic mass is 10.0. The van der Waals surface area contributed by atoms with Gasteiger partial charge in [0.15, 0.2) is 6.10 Å². The molecular formula is C26H21F5N4O4. The number of amides is 1. The molecule has 5 rings (SSSR count). The van der Waals surface area contributed by atoms with Gasteiger partial charge in [-0.15, -0.1) is 0 Å². The number of likely N-dealkylation sites (tertiary alicyclic amines) is 1. The maximum atomic E-state index is 14.7. The van der Waals surface area contributed by atoms with Gasteiger partial charge < -0.3 is 19.7 Å². The Kier molecular flexibility index (Phi) is 7.79. The Bertz CT molecular complexity index is 1460. The van der Waals surface area contributed by atoms with Crippen LogP contribution in [0.4, 0.5) is 22.0 Å². The van der Waals surface area contributed by atoms with Crippen molar-refractivity contribution < 1.29 is 41.4 Å². The fraction of sp³-hybridized carbons (Fsp3) is 0.231. The molecule has 0 saturated carbocycles. The van der Waals surface area contributed by atoms with Crippen LogP contribution in [0.15, 0.2) is 73.1 Å². The summed E-state index contributed by atoms with van der Waals surface area (Å²) in [4.78, 5) is 35.1. The van der Waals surface area contributed by atoms with E-state index in [-0.39, 0.29) is 24.9 Å². The van der Waals surface area contributed by atoms with E-state index in [2.05, 4.69) is 15.0 Å². The van der Waals surface area contributed by atoms with Crippen molar-refractivity contribution in [2.45, 2.75) is 24.6 Å². The number of benzene rings is 2. The summed E-state index contributed by atoms with van der Waals surface area (Å²) < 4.78 is 66.8. The molecular weight excluding hydrogens is 527 g/mol. The van der Waals surface area contributed by atoms with Crippen molar-refractivity contribution in [3.63, 3.8) is 0 Å². The lowest BCUT2D eigenvalue weighted by Crippen LogP contribution is -2.55. The number of halogens is 5. The zero-order chi connectivity index (χ0) is 28.2. The van der Waals surface area contributed by atoms with Gasteiger partial charge in [0, 0.05) is 42.4 Å². The van der Waals surface area contributed by atoms with Gasteiger partial charge in [0.1, 0.15) is 5.82 Å². The zero-order valence-electron chi connectivity index (χ0n) is 20.0. The van der Waals surface area contributed by atoms with E-state index in [0.717, 1.165) is 5.39 Å². The van der Waals surface area contributed by atoms with Crippen molar-refractivity contribution >= 4 is 22.8 Å². The predicted molar refractivity (Wildman–Crippen MR) is 129 cm³/mol. The number of carboxylic acid groups (broad SMARTS) is 1. The summed E-state index contributed by atoms with van der Waals surface area (Å²) in [5.74, 6) is -5.52. The van der Waals surface area contributed by atoms with Crippen LogP contribution in [0.2, 0.25) is 0 Å². The Morgan fingerprint density at radius 3 is 2.44 bits per heavy atom. The van der Waals surface area contributed by atoms with Crippen LogP contribution in [0, 0.1) is 0 Å². The van der Waals surface area contributed by atoms with E-state index in [1.165, 1.54) is 4.90 Å². The number of alkyl halides is 5. The van der Waals surface area contributed by atoms with E-state index < -0.39 is 30.6 Å². The minimum atomic E-state index is -5.08. The molecule has 1 fully saturated rings. The molecule has 2 aromatic carbocycles. The molecule has 1 aliphatic rings. The van der Waals surface area contributed by atoms with Crippen LogP contribution < -0.4 is 4.74 Å². The smallest absolute Gasteiger partial charge is 0.475 e. The highest BCUT2D eigenvalue weighted by atomic mass is 19.4. The number of hydrogen-bond donors (Lipinski definition) is 2. The molecule has 1 saturated heterocycles. The summed E-state index contributed by atoms with van der Waals surface area (Å²) in [5, 5.41) is 8.02. The van der Waals surface area contributed by atoms with Gasteiger partial charge in [-0.3, -0.25) is 4.79 Å². The van der Waals surface area contributed by atoms with Gasteiger partial charge in [0.05, 0.1) is 17.6 Å². The number of aromatic amines is 1. The third kappa shape index (κ3) is 6.48. The van der Waals surface area contributed by atoms with Gasteiger partial charge in [0.25, 0.3) is 11.8 Å². The maximum absolute atomic E-state index is 14.7. The Morgan fingerprint density at radius 1 is 1.05 bits per heavy atom. The number of hydrogen-bond acceptors (Lipinski definition) is 5. The van der Waals surface area contributed by atoms with Crippen molar-refractivity contribution in [3.05, 3.63) is 78.6 Å². The minimum absolute atomic E-state index is 0.0661. The summed E-state index contributed by atoms with van der Waals surface area (Å²) in [5.41, 5.74) is 1.67. The number of pyridine rings is 1. The lowest BCUT2D eigenvalue weighted by Gasteiger charge is -2.38. The maximum Gasteiger partial charge on any atom is 0.490 e. The number of ether oxygens (including phenoxy) is 1. The van der Waals surface area contributed by atoms with E-state index in [1.807, 2.05) is 18.2 Å². The number of imidazole rings is 1. The number of H-pyrrole nitrogens is 1. The average Bonchev–Trinajstić information content (AvgIpc) is 3.44. The fourth-order valence-electron chi connectivity index (χ4n) is 3.90. The Hall–Kier alpha value is -4.55. The summed E-state index contributed by atoms with van der Waals surface area (Å²) in [7, 11) is 0. The van der Waals surface area contributed by atoms with Crippen LogP contribution in [0.5, 0.6) is 5.88 Å². The first kappa shape index (κ1) is 27.5. The molecule has 1 unspecified atom stereocenters. The number of para-hydroxylation sites is 1. The molecule has 0 aliphatic carbocycles. The van der Waals surface area contributed by atoms with Gasteiger partial charge >= 0.3 is 12.1 Å². The standard InChI is InChI=1S/C24H20F2N4O2.C2HF3O2/c25-24(26)11-14-30(23(31)18-7-3-2-6-17(18)22-27-12-13-28-22)15-20(24)32-21-10-9-16-5-1-4-8-19(16)29-21;3-2(4,5)1(6)7/h1-10,12-13,20H,11,14-15H2,(H,27,28);(H,6,7). The van der Waals surface area contributed by atoms with E-state index in [1.54, 1.807) is 54.9 Å². The molecule has 0 radical (unpaired) electrons. The molecule has 0 bridgehead atoms. The van der Waals surface area contributed by atoms with Crippen LogP contribution >= 0.6 is 0 Å². The molecule has 4 aromatic rings. The molecule has 2 aromatic heterocycles. The first-order valence-electron chi connectivity index (χ1n) is 11.5. The van der Waals surface area contributed by atoms with E-state index >= 15 is 0 Å². The number of aliphatic carboxylic acids is 1. The van der Waals surface area contributed by atoms with E-state index in [4.69, 9.17) is 14.6 Å². The van der Waals surface area contributed by atoms with E-state index in [9.17, 15) is 26.7 Å². The number of rotatable bonds is 4. The molecule has 13 heteroatoms. The van der Waals surface area contributed by atoms with Crippen molar-refractivity contribution in [3.8, 4) is 17.3 Å². The number of fused-ring (bicyclic) bond motifs is 1.